The first-order valence-corrected chi connectivity index (χ1v) is 4.62. The number of carbonyl (C=O) groups is 2. The Bertz CT molecular complexity index is 214. The molecular weight excluding hydrogens is 184 g/mol. The average Bonchev–Trinajstić information content (AvgIpc) is 1.97. The molecule has 0 spiro atoms. The van der Waals surface area contributed by atoms with Gasteiger partial charge in [-0.05, 0) is 19.8 Å². The molecule has 5 heteroatoms. The van der Waals surface area contributed by atoms with Crippen LogP contribution in [0.5, 0.6) is 0 Å². The first kappa shape index (κ1) is 12.7. The average molecular weight is 201 g/mol. The Morgan fingerprint density at radius 2 is 1.57 bits per heavy atom. The highest BCUT2D eigenvalue weighted by Gasteiger charge is 2.17. The number of carboxylic acids is 1. The fourth-order valence-corrected chi connectivity index (χ4v) is 0.943. The third kappa shape index (κ3) is 4.69. The number of aliphatic carboxylic acids is 1. The maximum Gasteiger partial charge on any atom is 0.315 e. The molecule has 0 aliphatic carbocycles. The number of amides is 2. The normalized spacial score (nSPS) is 12.7. The predicted octanol–water partition coefficient (Wildman–Crippen LogP) is -0.531. The van der Waals surface area contributed by atoms with Crippen LogP contribution in [0.1, 0.15) is 27.7 Å². The van der Waals surface area contributed by atoms with Crippen LogP contribution >= 0.6 is 0 Å². The van der Waals surface area contributed by atoms with E-state index in [1.807, 2.05) is 0 Å². The van der Waals surface area contributed by atoms with Gasteiger partial charge in [-0.3, -0.25) is 0 Å². The largest absolute Gasteiger partial charge is 0.548 e. The molecule has 0 radical (unpaired) electrons. The van der Waals surface area contributed by atoms with E-state index >= 15 is 0 Å². The molecule has 0 aromatic rings. The van der Waals surface area contributed by atoms with Crippen molar-refractivity contribution in [3.63, 3.8) is 0 Å². The van der Waals surface area contributed by atoms with Crippen LogP contribution in [0, 0.1) is 5.92 Å². The summed E-state index contributed by atoms with van der Waals surface area (Å²) in [6, 6.07) is -1.46. The maximum atomic E-state index is 11.2. The molecule has 5 nitrogen and oxygen atoms in total. The Balaban J connectivity index is 4.17. The van der Waals surface area contributed by atoms with E-state index in [4.69, 9.17) is 0 Å². The molecule has 2 amide bonds. The van der Waals surface area contributed by atoms with Gasteiger partial charge < -0.3 is 20.5 Å². The van der Waals surface area contributed by atoms with E-state index in [1.54, 1.807) is 27.7 Å². The highest BCUT2D eigenvalue weighted by Crippen LogP contribution is 1.99. The first-order valence-electron chi connectivity index (χ1n) is 4.62. The van der Waals surface area contributed by atoms with Crippen LogP contribution in [0.25, 0.3) is 0 Å². The van der Waals surface area contributed by atoms with E-state index in [-0.39, 0.29) is 12.0 Å². The van der Waals surface area contributed by atoms with E-state index < -0.39 is 18.0 Å². The lowest BCUT2D eigenvalue weighted by Crippen LogP contribution is -2.54. The molecule has 2 N–H and O–H groups in total. The number of carbonyl (C=O) groups excluding carboxylic acids is 2. The molecule has 0 saturated heterocycles. The lowest BCUT2D eigenvalue weighted by molar-refractivity contribution is -0.309. The van der Waals surface area contributed by atoms with Gasteiger partial charge in [0.25, 0.3) is 0 Å². The van der Waals surface area contributed by atoms with Crippen LogP contribution in [0.4, 0.5) is 4.79 Å². The molecule has 0 bridgehead atoms. The molecule has 0 unspecified atom stereocenters. The number of nitrogens with one attached hydrogen (secondary N) is 2. The van der Waals surface area contributed by atoms with E-state index in [1.165, 1.54) is 0 Å². The minimum Gasteiger partial charge on any atom is -0.548 e. The van der Waals surface area contributed by atoms with E-state index in [2.05, 4.69) is 10.6 Å². The van der Waals surface area contributed by atoms with Crippen molar-refractivity contribution in [2.24, 2.45) is 5.92 Å². The van der Waals surface area contributed by atoms with Crippen LogP contribution < -0.4 is 15.7 Å². The fourth-order valence-electron chi connectivity index (χ4n) is 0.943. The van der Waals surface area contributed by atoms with Crippen molar-refractivity contribution >= 4 is 12.0 Å². The summed E-state index contributed by atoms with van der Waals surface area (Å²) in [4.78, 5) is 21.8. The summed E-state index contributed by atoms with van der Waals surface area (Å²) in [6.45, 7) is 7.00. The van der Waals surface area contributed by atoms with Crippen LogP contribution in [0.3, 0.4) is 0 Å². The Morgan fingerprint density at radius 1 is 1.07 bits per heavy atom. The van der Waals surface area contributed by atoms with Gasteiger partial charge in [0, 0.05) is 6.04 Å². The smallest absolute Gasteiger partial charge is 0.315 e. The second-order valence-electron chi connectivity index (χ2n) is 3.81. The van der Waals surface area contributed by atoms with Crippen molar-refractivity contribution in [3.8, 4) is 0 Å². The van der Waals surface area contributed by atoms with Crippen molar-refractivity contribution in [3.05, 3.63) is 0 Å². The van der Waals surface area contributed by atoms with Gasteiger partial charge in [-0.15, -0.1) is 0 Å². The first-order chi connectivity index (χ1) is 6.34. The molecule has 0 aromatic carbocycles. The molecule has 82 valence electrons. The molecule has 1 atom stereocenters. The van der Waals surface area contributed by atoms with Crippen LogP contribution in [-0.4, -0.2) is 24.1 Å². The summed E-state index contributed by atoms with van der Waals surface area (Å²) < 4.78 is 0. The van der Waals surface area contributed by atoms with Gasteiger partial charge in [-0.25, -0.2) is 4.79 Å². The summed E-state index contributed by atoms with van der Waals surface area (Å²) >= 11 is 0. The van der Waals surface area contributed by atoms with Crippen molar-refractivity contribution in [1.82, 2.24) is 10.6 Å². The van der Waals surface area contributed by atoms with Crippen molar-refractivity contribution in [2.45, 2.75) is 39.8 Å². The highest BCUT2D eigenvalue weighted by molar-refractivity contribution is 5.81. The molecule has 0 rings (SSSR count). The van der Waals surface area contributed by atoms with Crippen LogP contribution in [0.2, 0.25) is 0 Å². The lowest BCUT2D eigenvalue weighted by atomic mass is 10.1. The summed E-state index contributed by atoms with van der Waals surface area (Å²) in [5.74, 6) is -1.46. The molecular formula is C9H17N2O3-. The van der Waals surface area contributed by atoms with Gasteiger partial charge in [0.15, 0.2) is 0 Å². The van der Waals surface area contributed by atoms with Crippen LogP contribution in [-0.2, 0) is 4.79 Å². The molecule has 0 aliphatic rings. The van der Waals surface area contributed by atoms with Crippen LogP contribution in [0.15, 0.2) is 0 Å². The molecule has 0 fully saturated rings. The fraction of sp³-hybridized carbons (Fsp3) is 0.778. The molecule has 0 aromatic heterocycles. The topological polar surface area (TPSA) is 81.3 Å². The zero-order valence-electron chi connectivity index (χ0n) is 8.96. The van der Waals surface area contributed by atoms with Gasteiger partial charge in [-0.2, -0.15) is 0 Å². The number of hydrogen-bond acceptors (Lipinski definition) is 3. The quantitative estimate of drug-likeness (QED) is 0.641. The third-order valence-electron chi connectivity index (χ3n) is 1.63. The third-order valence-corrected chi connectivity index (χ3v) is 1.63. The number of urea groups is 1. The molecule has 0 saturated carbocycles. The number of hydrogen-bond donors (Lipinski definition) is 2. The van der Waals surface area contributed by atoms with E-state index in [9.17, 15) is 14.7 Å². The Kier molecular flexibility index (Phi) is 4.97. The van der Waals surface area contributed by atoms with Crippen molar-refractivity contribution < 1.29 is 14.7 Å². The second-order valence-corrected chi connectivity index (χ2v) is 3.81. The summed E-state index contributed by atoms with van der Waals surface area (Å²) in [7, 11) is 0. The van der Waals surface area contributed by atoms with Gasteiger partial charge in [0.05, 0.1) is 12.0 Å². The zero-order chi connectivity index (χ0) is 11.3. The molecule has 0 heterocycles. The SMILES string of the molecule is CC(C)NC(=O)N[C@H](C(=O)[O-])C(C)C. The summed E-state index contributed by atoms with van der Waals surface area (Å²) in [5.41, 5.74) is 0. The van der Waals surface area contributed by atoms with Gasteiger partial charge >= 0.3 is 6.03 Å². The number of carboxylic acid groups (broad SMARTS) is 1. The zero-order valence-corrected chi connectivity index (χ0v) is 8.96. The van der Waals surface area contributed by atoms with Crippen molar-refractivity contribution in [2.75, 3.05) is 0 Å². The van der Waals surface area contributed by atoms with E-state index in [0.29, 0.717) is 0 Å². The Hall–Kier alpha value is -1.26. The van der Waals surface area contributed by atoms with Gasteiger partial charge in [0.1, 0.15) is 0 Å². The summed E-state index contributed by atoms with van der Waals surface area (Å²) in [5, 5.41) is 15.5. The molecule has 0 aliphatic heterocycles. The minimum absolute atomic E-state index is 0.0235. The Labute approximate surface area is 83.9 Å². The van der Waals surface area contributed by atoms with Crippen molar-refractivity contribution in [1.29, 1.82) is 0 Å². The van der Waals surface area contributed by atoms with Gasteiger partial charge in [-0.1, -0.05) is 13.8 Å². The standard InChI is InChI=1S/C9H18N2O3/c1-5(2)7(8(12)13)11-9(14)10-6(3)4/h5-7H,1-4H3,(H,12,13)(H2,10,11,14)/p-1/t7-/m0/s1. The predicted molar refractivity (Wildman–Crippen MR) is 50.4 cm³/mol. The highest BCUT2D eigenvalue weighted by atomic mass is 16.4. The maximum absolute atomic E-state index is 11.2. The molecule has 14 heavy (non-hydrogen) atoms. The minimum atomic E-state index is -1.26. The lowest BCUT2D eigenvalue weighted by Gasteiger charge is -2.23. The van der Waals surface area contributed by atoms with Gasteiger partial charge in [0.2, 0.25) is 0 Å². The van der Waals surface area contributed by atoms with E-state index in [0.717, 1.165) is 0 Å². The number of rotatable bonds is 4. The summed E-state index contributed by atoms with van der Waals surface area (Å²) in [6.07, 6.45) is 0. The Morgan fingerprint density at radius 3 is 1.86 bits per heavy atom. The second kappa shape index (κ2) is 5.47. The monoisotopic (exact) mass is 201 g/mol.